The number of rotatable bonds is 11. The molecule has 2 heterocycles. The van der Waals surface area contributed by atoms with E-state index in [1.54, 1.807) is 44.2 Å². The minimum Gasteiger partial charge on any atom is -0.463 e. The number of ether oxygens (including phenoxy) is 2. The third kappa shape index (κ3) is 6.88. The first-order valence-electron chi connectivity index (χ1n) is 11.5. The smallest absolute Gasteiger partial charge is 0.380 e. The number of aliphatic hydroxyl groups excluding tert-OH is 1. The lowest BCUT2D eigenvalue weighted by Gasteiger charge is -2.27. The minimum absolute atomic E-state index is 0.205. The SMILES string of the molecule is CC(C)OC(=O)[C@H](C)C[P@@](=O)(OC[C@H]1O[C@@H](n2ccc(=O)[nH]c2=O)C(Cl)(CF)[C@H]1O)Oc1ccccc1. The molecule has 0 bridgehead atoms. The van der Waals surface area contributed by atoms with E-state index in [2.05, 4.69) is 0 Å². The number of alkyl halides is 2. The quantitative estimate of drug-likeness (QED) is 0.240. The lowest BCUT2D eigenvalue weighted by Crippen LogP contribution is -2.46. The van der Waals surface area contributed by atoms with E-state index < -0.39 is 73.4 Å². The molecule has 1 fully saturated rings. The fourth-order valence-electron chi connectivity index (χ4n) is 3.70. The molecule has 37 heavy (non-hydrogen) atoms. The van der Waals surface area contributed by atoms with Gasteiger partial charge < -0.3 is 19.1 Å². The van der Waals surface area contributed by atoms with E-state index in [1.165, 1.54) is 6.92 Å². The highest BCUT2D eigenvalue weighted by Gasteiger charge is 2.57. The van der Waals surface area contributed by atoms with Gasteiger partial charge in [0.15, 0.2) is 6.23 Å². The number of nitrogens with zero attached hydrogens (tertiary/aromatic N) is 1. The van der Waals surface area contributed by atoms with Gasteiger partial charge in [-0.2, -0.15) is 0 Å². The number of benzene rings is 1. The molecule has 0 spiro atoms. The van der Waals surface area contributed by atoms with Crippen LogP contribution in [0.4, 0.5) is 4.39 Å². The molecule has 1 aliphatic heterocycles. The largest absolute Gasteiger partial charge is 0.463 e. The Kier molecular flexibility index (Phi) is 9.36. The van der Waals surface area contributed by atoms with Crippen LogP contribution in [0.1, 0.15) is 27.0 Å². The summed E-state index contributed by atoms with van der Waals surface area (Å²) in [5.41, 5.74) is -1.62. The Balaban J connectivity index is 1.83. The molecule has 1 aromatic heterocycles. The number of carbonyl (C=O) groups is 1. The summed E-state index contributed by atoms with van der Waals surface area (Å²) in [5, 5.41) is 10.8. The van der Waals surface area contributed by atoms with Gasteiger partial charge in [0.25, 0.3) is 5.56 Å². The van der Waals surface area contributed by atoms with Crippen LogP contribution in [0.25, 0.3) is 0 Å². The Morgan fingerprint density at radius 3 is 2.54 bits per heavy atom. The van der Waals surface area contributed by atoms with Crippen LogP contribution < -0.4 is 15.8 Å². The Bertz CT molecular complexity index is 1240. The number of H-pyrrole nitrogens is 1. The molecule has 0 saturated carbocycles. The first-order valence-corrected chi connectivity index (χ1v) is 13.6. The molecule has 1 unspecified atom stereocenters. The summed E-state index contributed by atoms with van der Waals surface area (Å²) >= 11 is 6.35. The number of nitrogens with one attached hydrogen (secondary N) is 1. The molecule has 204 valence electrons. The first kappa shape index (κ1) is 29.1. The highest BCUT2D eigenvalue weighted by atomic mass is 35.5. The summed E-state index contributed by atoms with van der Waals surface area (Å²) < 4.78 is 50.7. The molecule has 11 nitrogen and oxygen atoms in total. The maximum atomic E-state index is 14.0. The Labute approximate surface area is 217 Å². The topological polar surface area (TPSA) is 146 Å². The number of hydrogen-bond donors (Lipinski definition) is 2. The fourth-order valence-corrected chi connectivity index (χ4v) is 5.86. The molecule has 3 rings (SSSR count). The zero-order chi connectivity index (χ0) is 27.4. The highest BCUT2D eigenvalue weighted by Crippen LogP contribution is 2.51. The van der Waals surface area contributed by atoms with Crippen molar-refractivity contribution in [2.45, 2.75) is 50.2 Å². The van der Waals surface area contributed by atoms with Gasteiger partial charge in [-0.3, -0.25) is 23.7 Å². The van der Waals surface area contributed by atoms with Crippen LogP contribution in [-0.2, 0) is 23.4 Å². The summed E-state index contributed by atoms with van der Waals surface area (Å²) in [6, 6.07) is 9.11. The molecule has 1 saturated heterocycles. The third-order valence-corrected chi connectivity index (χ3v) is 8.08. The van der Waals surface area contributed by atoms with Crippen LogP contribution in [0.2, 0.25) is 0 Å². The Morgan fingerprint density at radius 1 is 1.27 bits per heavy atom. The van der Waals surface area contributed by atoms with Crippen LogP contribution in [-0.4, -0.2) is 63.3 Å². The van der Waals surface area contributed by atoms with Gasteiger partial charge in [0, 0.05) is 12.3 Å². The van der Waals surface area contributed by atoms with Crippen molar-refractivity contribution in [3.05, 3.63) is 63.4 Å². The van der Waals surface area contributed by atoms with Gasteiger partial charge in [0.05, 0.1) is 24.8 Å². The normalized spacial score (nSPS) is 26.0. The van der Waals surface area contributed by atoms with Crippen molar-refractivity contribution in [2.75, 3.05) is 19.4 Å². The van der Waals surface area contributed by atoms with Gasteiger partial charge in [0.2, 0.25) is 0 Å². The number of para-hydroxylation sites is 1. The van der Waals surface area contributed by atoms with Crippen molar-refractivity contribution >= 4 is 25.2 Å². The lowest BCUT2D eigenvalue weighted by molar-refractivity contribution is -0.151. The predicted octanol–water partition coefficient (Wildman–Crippen LogP) is 2.62. The summed E-state index contributed by atoms with van der Waals surface area (Å²) in [5.74, 6) is -1.28. The van der Waals surface area contributed by atoms with Crippen molar-refractivity contribution in [1.82, 2.24) is 9.55 Å². The number of aromatic nitrogens is 2. The monoisotopic (exact) mass is 562 g/mol. The molecule has 1 aromatic carbocycles. The van der Waals surface area contributed by atoms with E-state index in [-0.39, 0.29) is 11.9 Å². The van der Waals surface area contributed by atoms with Crippen LogP contribution >= 0.6 is 19.2 Å². The van der Waals surface area contributed by atoms with Crippen molar-refractivity contribution in [3.63, 3.8) is 0 Å². The number of aliphatic hydroxyl groups is 1. The van der Waals surface area contributed by atoms with E-state index in [0.29, 0.717) is 0 Å². The van der Waals surface area contributed by atoms with Gasteiger partial charge in [0.1, 0.15) is 29.5 Å². The van der Waals surface area contributed by atoms with Crippen LogP contribution in [0.5, 0.6) is 5.75 Å². The summed E-state index contributed by atoms with van der Waals surface area (Å²) in [6.07, 6.45) is -4.28. The number of halogens is 2. The first-order chi connectivity index (χ1) is 17.4. The molecular weight excluding hydrogens is 534 g/mol. The van der Waals surface area contributed by atoms with Gasteiger partial charge in [-0.15, -0.1) is 11.6 Å². The van der Waals surface area contributed by atoms with Gasteiger partial charge in [-0.25, -0.2) is 13.8 Å². The zero-order valence-corrected chi connectivity index (χ0v) is 22.1. The molecule has 0 amide bonds. The molecule has 0 aliphatic carbocycles. The standard InChI is InChI=1S/C23H29ClFN2O9P/c1-14(2)34-20(30)15(3)12-37(32,36-16-7-5-4-6-8-16)33-11-17-19(29)23(24,13-25)21(35-17)27-10-9-18(28)26-22(27)31/h4-10,14-15,17,19,21,29H,11-13H2,1-3H3,(H,26,28,31)/t15-,17-,19+,21-,23?,37-/m1/s1. The van der Waals surface area contributed by atoms with Gasteiger partial charge in [-0.05, 0) is 26.0 Å². The zero-order valence-electron chi connectivity index (χ0n) is 20.4. The van der Waals surface area contributed by atoms with Gasteiger partial charge in [-0.1, -0.05) is 25.1 Å². The van der Waals surface area contributed by atoms with E-state index in [1.807, 2.05) is 4.98 Å². The van der Waals surface area contributed by atoms with Crippen LogP contribution in [0.15, 0.2) is 52.2 Å². The maximum Gasteiger partial charge on any atom is 0.380 e. The number of aromatic amines is 1. The molecule has 1 aliphatic rings. The second-order valence-electron chi connectivity index (χ2n) is 8.93. The highest BCUT2D eigenvalue weighted by molar-refractivity contribution is 7.54. The van der Waals surface area contributed by atoms with Crippen LogP contribution in [0, 0.1) is 5.92 Å². The fraction of sp³-hybridized carbons (Fsp3) is 0.522. The number of carbonyl (C=O) groups excluding carboxylic acids is 1. The van der Waals surface area contributed by atoms with Crippen LogP contribution in [0.3, 0.4) is 0 Å². The molecule has 2 N–H and O–H groups in total. The minimum atomic E-state index is -4.08. The molecule has 14 heteroatoms. The third-order valence-electron chi connectivity index (χ3n) is 5.54. The van der Waals surface area contributed by atoms with E-state index in [9.17, 15) is 28.4 Å². The summed E-state index contributed by atoms with van der Waals surface area (Å²) in [4.78, 5) is 35.9. The van der Waals surface area contributed by atoms with E-state index in [4.69, 9.17) is 30.1 Å². The van der Waals surface area contributed by atoms with Gasteiger partial charge >= 0.3 is 19.3 Å². The summed E-state index contributed by atoms with van der Waals surface area (Å²) in [7, 11) is -4.08. The van der Waals surface area contributed by atoms with E-state index in [0.717, 1.165) is 16.8 Å². The summed E-state index contributed by atoms with van der Waals surface area (Å²) in [6.45, 7) is 2.96. The lowest BCUT2D eigenvalue weighted by atomic mass is 10.00. The Hall–Kier alpha value is -2.50. The molecule has 6 atom stereocenters. The van der Waals surface area contributed by atoms with Crippen molar-refractivity contribution < 1.29 is 37.4 Å². The number of esters is 1. The maximum absolute atomic E-state index is 14.0. The predicted molar refractivity (Wildman–Crippen MR) is 132 cm³/mol. The average molecular weight is 563 g/mol. The molecular formula is C23H29ClFN2O9P. The van der Waals surface area contributed by atoms with E-state index >= 15 is 0 Å². The molecule has 0 radical (unpaired) electrons. The van der Waals surface area contributed by atoms with Crippen molar-refractivity contribution in [3.8, 4) is 5.75 Å². The second kappa shape index (κ2) is 11.9. The Morgan fingerprint density at radius 2 is 1.95 bits per heavy atom. The van der Waals surface area contributed by atoms with Crippen molar-refractivity contribution in [2.24, 2.45) is 5.92 Å². The average Bonchev–Trinajstić information content (AvgIpc) is 3.08. The second-order valence-corrected chi connectivity index (χ2v) is 11.7. The number of hydrogen-bond acceptors (Lipinski definition) is 9. The van der Waals surface area contributed by atoms with Crippen molar-refractivity contribution in [1.29, 1.82) is 0 Å². The molecule has 2 aromatic rings.